The summed E-state index contributed by atoms with van der Waals surface area (Å²) < 4.78 is 0.903. The van der Waals surface area contributed by atoms with E-state index >= 15 is 0 Å². The van der Waals surface area contributed by atoms with Gasteiger partial charge < -0.3 is 5.32 Å². The molecule has 0 saturated heterocycles. The van der Waals surface area contributed by atoms with E-state index in [2.05, 4.69) is 37.9 Å². The third-order valence-corrected chi connectivity index (χ3v) is 3.49. The zero-order chi connectivity index (χ0) is 11.5. The topological polar surface area (TPSA) is 54.9 Å². The van der Waals surface area contributed by atoms with Crippen molar-refractivity contribution in [1.29, 1.82) is 0 Å². The Kier molecular flexibility index (Phi) is 3.49. The fraction of sp³-hybridized carbons (Fsp3) is 0.100. The molecule has 0 fully saturated rings. The van der Waals surface area contributed by atoms with Crippen molar-refractivity contribution in [3.63, 3.8) is 0 Å². The van der Waals surface area contributed by atoms with Crippen LogP contribution in [-0.2, 0) is 0 Å². The molecule has 0 bridgehead atoms. The zero-order valence-electron chi connectivity index (χ0n) is 8.40. The Morgan fingerprint density at radius 1 is 1.56 bits per heavy atom. The van der Waals surface area contributed by atoms with Crippen molar-refractivity contribution in [2.24, 2.45) is 0 Å². The molecular weight excluding hydrogens is 337 g/mol. The SMILES string of the molecule is Cc1nc(C(=O)Nc2ncccc2I)cs1. The Balaban J connectivity index is 2.17. The van der Waals surface area contributed by atoms with Gasteiger partial charge >= 0.3 is 0 Å². The minimum atomic E-state index is -0.221. The smallest absolute Gasteiger partial charge is 0.276 e. The molecule has 0 spiro atoms. The molecule has 0 saturated carbocycles. The fourth-order valence-corrected chi connectivity index (χ4v) is 2.19. The van der Waals surface area contributed by atoms with Crippen molar-refractivity contribution in [2.75, 3.05) is 5.32 Å². The number of amides is 1. The minimum Gasteiger partial charge on any atom is -0.304 e. The molecule has 2 heterocycles. The lowest BCUT2D eigenvalue weighted by Gasteiger charge is -2.03. The number of pyridine rings is 1. The van der Waals surface area contributed by atoms with E-state index in [4.69, 9.17) is 0 Å². The van der Waals surface area contributed by atoms with Crippen LogP contribution in [0.3, 0.4) is 0 Å². The molecule has 2 rings (SSSR count). The van der Waals surface area contributed by atoms with E-state index in [1.807, 2.05) is 19.1 Å². The van der Waals surface area contributed by atoms with Crippen LogP contribution < -0.4 is 5.32 Å². The van der Waals surface area contributed by atoms with Crippen LogP contribution in [0, 0.1) is 10.5 Å². The summed E-state index contributed by atoms with van der Waals surface area (Å²) in [4.78, 5) is 20.0. The Labute approximate surface area is 110 Å². The van der Waals surface area contributed by atoms with E-state index in [0.29, 0.717) is 11.5 Å². The van der Waals surface area contributed by atoms with E-state index in [1.54, 1.807) is 11.6 Å². The summed E-state index contributed by atoms with van der Waals surface area (Å²) >= 11 is 3.58. The largest absolute Gasteiger partial charge is 0.304 e. The van der Waals surface area contributed by atoms with Gasteiger partial charge in [0.2, 0.25) is 0 Å². The number of halogens is 1. The van der Waals surface area contributed by atoms with Crippen LogP contribution in [0.15, 0.2) is 23.7 Å². The van der Waals surface area contributed by atoms with Crippen molar-refractivity contribution in [2.45, 2.75) is 6.92 Å². The van der Waals surface area contributed by atoms with Gasteiger partial charge in [0, 0.05) is 11.6 Å². The number of anilines is 1. The van der Waals surface area contributed by atoms with Crippen LogP contribution >= 0.6 is 33.9 Å². The molecule has 2 aromatic heterocycles. The van der Waals surface area contributed by atoms with Crippen molar-refractivity contribution < 1.29 is 4.79 Å². The number of nitrogens with one attached hydrogen (secondary N) is 1. The van der Waals surface area contributed by atoms with Crippen LogP contribution in [0.4, 0.5) is 5.82 Å². The highest BCUT2D eigenvalue weighted by molar-refractivity contribution is 14.1. The number of hydrogen-bond donors (Lipinski definition) is 1. The molecule has 0 atom stereocenters. The third-order valence-electron chi connectivity index (χ3n) is 1.84. The normalized spacial score (nSPS) is 10.1. The van der Waals surface area contributed by atoms with Gasteiger partial charge in [-0.3, -0.25) is 4.79 Å². The number of aromatic nitrogens is 2. The first-order valence-electron chi connectivity index (χ1n) is 4.51. The summed E-state index contributed by atoms with van der Waals surface area (Å²) in [5.74, 6) is 0.347. The second kappa shape index (κ2) is 4.88. The average molecular weight is 345 g/mol. The highest BCUT2D eigenvalue weighted by Gasteiger charge is 2.11. The summed E-state index contributed by atoms with van der Waals surface area (Å²) in [6, 6.07) is 3.71. The van der Waals surface area contributed by atoms with Gasteiger partial charge in [-0.25, -0.2) is 9.97 Å². The van der Waals surface area contributed by atoms with E-state index in [-0.39, 0.29) is 5.91 Å². The Morgan fingerprint density at radius 3 is 3.00 bits per heavy atom. The monoisotopic (exact) mass is 345 g/mol. The first-order valence-corrected chi connectivity index (χ1v) is 6.46. The number of rotatable bonds is 2. The number of hydrogen-bond acceptors (Lipinski definition) is 4. The first-order chi connectivity index (χ1) is 7.66. The molecule has 82 valence electrons. The summed E-state index contributed by atoms with van der Waals surface area (Å²) in [7, 11) is 0. The summed E-state index contributed by atoms with van der Waals surface area (Å²) in [6.07, 6.45) is 1.64. The molecule has 0 unspecified atom stereocenters. The van der Waals surface area contributed by atoms with E-state index in [9.17, 15) is 4.79 Å². The molecule has 0 aliphatic carbocycles. The maximum absolute atomic E-state index is 11.8. The van der Waals surface area contributed by atoms with Gasteiger partial charge in [-0.05, 0) is 41.6 Å². The lowest BCUT2D eigenvalue weighted by atomic mass is 10.4. The number of thiazole rings is 1. The second-order valence-electron chi connectivity index (χ2n) is 3.04. The quantitative estimate of drug-likeness (QED) is 0.852. The van der Waals surface area contributed by atoms with Crippen LogP contribution in [-0.4, -0.2) is 15.9 Å². The molecule has 6 heteroatoms. The Hall–Kier alpha value is -1.02. The van der Waals surface area contributed by atoms with E-state index in [0.717, 1.165) is 8.58 Å². The van der Waals surface area contributed by atoms with Crippen LogP contribution in [0.2, 0.25) is 0 Å². The maximum atomic E-state index is 11.8. The average Bonchev–Trinajstić information content (AvgIpc) is 2.68. The molecule has 1 amide bonds. The van der Waals surface area contributed by atoms with Crippen molar-refractivity contribution >= 4 is 45.7 Å². The highest BCUT2D eigenvalue weighted by Crippen LogP contribution is 2.15. The molecule has 0 aromatic carbocycles. The second-order valence-corrected chi connectivity index (χ2v) is 5.26. The summed E-state index contributed by atoms with van der Waals surface area (Å²) in [5, 5.41) is 5.34. The first kappa shape index (κ1) is 11.5. The van der Waals surface area contributed by atoms with Crippen LogP contribution in [0.5, 0.6) is 0 Å². The van der Waals surface area contributed by atoms with Crippen molar-refractivity contribution in [3.8, 4) is 0 Å². The van der Waals surface area contributed by atoms with Gasteiger partial charge in [0.25, 0.3) is 5.91 Å². The molecule has 16 heavy (non-hydrogen) atoms. The third kappa shape index (κ3) is 2.56. The number of aryl methyl sites for hydroxylation is 1. The van der Waals surface area contributed by atoms with Crippen molar-refractivity contribution in [3.05, 3.63) is 38.0 Å². The maximum Gasteiger partial charge on any atom is 0.276 e. The highest BCUT2D eigenvalue weighted by atomic mass is 127. The standard InChI is InChI=1S/C10H8IN3OS/c1-6-13-8(5-16-6)10(15)14-9-7(11)3-2-4-12-9/h2-5H,1H3,(H,12,14,15). The van der Waals surface area contributed by atoms with Gasteiger partial charge in [-0.1, -0.05) is 0 Å². The molecule has 0 aliphatic rings. The predicted molar refractivity (Wildman–Crippen MR) is 71.8 cm³/mol. The number of carbonyl (C=O) groups is 1. The van der Waals surface area contributed by atoms with E-state index < -0.39 is 0 Å². The summed E-state index contributed by atoms with van der Waals surface area (Å²) in [6.45, 7) is 1.87. The molecule has 4 nitrogen and oxygen atoms in total. The predicted octanol–water partition coefficient (Wildman–Crippen LogP) is 2.70. The minimum absolute atomic E-state index is 0.221. The lowest BCUT2D eigenvalue weighted by Crippen LogP contribution is -2.14. The lowest BCUT2D eigenvalue weighted by molar-refractivity contribution is 0.102. The van der Waals surface area contributed by atoms with E-state index in [1.165, 1.54) is 11.3 Å². The van der Waals surface area contributed by atoms with Crippen molar-refractivity contribution in [1.82, 2.24) is 9.97 Å². The molecule has 0 aliphatic heterocycles. The zero-order valence-corrected chi connectivity index (χ0v) is 11.4. The Bertz CT molecular complexity index is 526. The van der Waals surface area contributed by atoms with Gasteiger partial charge in [-0.15, -0.1) is 11.3 Å². The number of carbonyl (C=O) groups excluding carboxylic acids is 1. The molecule has 1 N–H and O–H groups in total. The van der Waals surface area contributed by atoms with Crippen LogP contribution in [0.25, 0.3) is 0 Å². The van der Waals surface area contributed by atoms with Crippen LogP contribution in [0.1, 0.15) is 15.5 Å². The summed E-state index contributed by atoms with van der Waals surface area (Å²) in [5.41, 5.74) is 0.434. The van der Waals surface area contributed by atoms with Gasteiger partial charge in [0.05, 0.1) is 8.58 Å². The Morgan fingerprint density at radius 2 is 2.38 bits per heavy atom. The molecule has 0 radical (unpaired) electrons. The van der Waals surface area contributed by atoms with Gasteiger partial charge in [-0.2, -0.15) is 0 Å². The van der Waals surface area contributed by atoms with Gasteiger partial charge in [0.15, 0.2) is 0 Å². The fourth-order valence-electron chi connectivity index (χ4n) is 1.12. The molecular formula is C10H8IN3OS. The number of nitrogens with zero attached hydrogens (tertiary/aromatic N) is 2. The molecule has 2 aromatic rings. The van der Waals surface area contributed by atoms with Gasteiger partial charge in [0.1, 0.15) is 11.5 Å².